The van der Waals surface area contributed by atoms with Crippen LogP contribution in [0.25, 0.3) is 0 Å². The molecule has 1 aliphatic rings. The summed E-state index contributed by atoms with van der Waals surface area (Å²) in [4.78, 5) is 29.8. The highest BCUT2D eigenvalue weighted by atomic mass is 32.2. The molecule has 1 saturated heterocycles. The number of ether oxygens (including phenoxy) is 5. The zero-order valence-corrected chi connectivity index (χ0v) is 29.6. The summed E-state index contributed by atoms with van der Waals surface area (Å²) in [5.74, 6) is 2.76. The largest absolute Gasteiger partial charge is 0.496 e. The molecule has 1 aliphatic heterocycles. The van der Waals surface area contributed by atoms with Crippen molar-refractivity contribution in [2.45, 2.75) is 69.5 Å². The smallest absolute Gasteiger partial charge is 0.351 e. The van der Waals surface area contributed by atoms with Crippen LogP contribution in [0.2, 0.25) is 18.1 Å². The summed E-state index contributed by atoms with van der Waals surface area (Å²) in [7, 11) is 2.75. The lowest BCUT2D eigenvalue weighted by molar-refractivity contribution is -0.0528. The SMILES string of the molecule is COc1cc(OC)c(CSCO[C@@H]2C[C@H](n3ccc(NC(=O)c4ccccc4)nc3=O)O[C@@H]2CO[Si](C)(C)C(C)(C)C)c(OC)c1. The number of amides is 1. The van der Waals surface area contributed by atoms with Gasteiger partial charge < -0.3 is 33.4 Å². The van der Waals surface area contributed by atoms with Crippen LogP contribution in [-0.4, -0.2) is 69.9 Å². The van der Waals surface area contributed by atoms with Crippen LogP contribution in [-0.2, 0) is 19.7 Å². The van der Waals surface area contributed by atoms with Gasteiger partial charge in [0.25, 0.3) is 5.91 Å². The van der Waals surface area contributed by atoms with Crippen molar-refractivity contribution in [3.8, 4) is 17.2 Å². The molecule has 0 spiro atoms. The van der Waals surface area contributed by atoms with E-state index in [1.54, 1.807) is 69.6 Å². The maximum absolute atomic E-state index is 13.1. The minimum atomic E-state index is -2.08. The van der Waals surface area contributed by atoms with Gasteiger partial charge in [0.05, 0.1) is 40.0 Å². The van der Waals surface area contributed by atoms with Crippen LogP contribution < -0.4 is 25.2 Å². The third kappa shape index (κ3) is 8.71. The van der Waals surface area contributed by atoms with E-state index in [1.165, 1.54) is 4.57 Å². The van der Waals surface area contributed by atoms with Crippen LogP contribution in [0.3, 0.4) is 0 Å². The Bertz CT molecular complexity index is 1500. The highest BCUT2D eigenvalue weighted by Gasteiger charge is 2.42. The number of methoxy groups -OCH3 is 3. The molecule has 1 amide bonds. The summed E-state index contributed by atoms with van der Waals surface area (Å²) in [5, 5.41) is 2.71. The number of nitrogens with zero attached hydrogens (tertiary/aromatic N) is 2. The number of aromatic nitrogens is 2. The summed E-state index contributed by atoms with van der Waals surface area (Å²) in [6, 6.07) is 14.0. The molecule has 0 unspecified atom stereocenters. The molecule has 0 bridgehead atoms. The maximum atomic E-state index is 13.1. The number of nitrogens with one attached hydrogen (secondary N) is 1. The molecule has 2 heterocycles. The topological polar surface area (TPSA) is 119 Å². The predicted molar refractivity (Wildman–Crippen MR) is 182 cm³/mol. The third-order valence-corrected chi connectivity index (χ3v) is 13.7. The highest BCUT2D eigenvalue weighted by Crippen LogP contribution is 2.39. The first kappa shape index (κ1) is 35.5. The average Bonchev–Trinajstić information content (AvgIpc) is 3.44. The van der Waals surface area contributed by atoms with Crippen molar-refractivity contribution < 1.29 is 32.9 Å². The van der Waals surface area contributed by atoms with Gasteiger partial charge >= 0.3 is 5.69 Å². The number of carbonyl (C=O) groups is 1. The second kappa shape index (κ2) is 15.5. The molecule has 0 radical (unpaired) electrons. The molecule has 250 valence electrons. The number of rotatable bonds is 14. The summed E-state index contributed by atoms with van der Waals surface area (Å²) < 4.78 is 37.3. The quantitative estimate of drug-likeness (QED) is 0.122. The van der Waals surface area contributed by atoms with Crippen LogP contribution in [0.4, 0.5) is 5.82 Å². The molecule has 1 fully saturated rings. The lowest BCUT2D eigenvalue weighted by Gasteiger charge is -2.37. The minimum Gasteiger partial charge on any atom is -0.496 e. The standard InChI is InChI=1S/C33H45N3O8SSi/c1-33(2,3)46(7,8)43-19-28-27(42-21-45-20-24-25(40-5)16-23(39-4)17-26(24)41-6)18-30(44-28)36-15-14-29(35-32(36)38)34-31(37)22-12-10-9-11-13-22/h9-17,27-28,30H,18-21H2,1-8H3,(H,34,35,37,38)/t27-,28-,30-/m1/s1. The van der Waals surface area contributed by atoms with Crippen molar-refractivity contribution in [3.05, 3.63) is 76.3 Å². The van der Waals surface area contributed by atoms with Gasteiger partial charge in [-0.1, -0.05) is 39.0 Å². The predicted octanol–water partition coefficient (Wildman–Crippen LogP) is 6.11. The molecular weight excluding hydrogens is 627 g/mol. The Morgan fingerprint density at radius 2 is 1.74 bits per heavy atom. The van der Waals surface area contributed by atoms with Crippen molar-refractivity contribution in [2.24, 2.45) is 0 Å². The van der Waals surface area contributed by atoms with Crippen molar-refractivity contribution in [1.82, 2.24) is 9.55 Å². The number of benzene rings is 2. The van der Waals surface area contributed by atoms with Gasteiger partial charge in [-0.3, -0.25) is 9.36 Å². The van der Waals surface area contributed by atoms with E-state index in [2.05, 4.69) is 44.2 Å². The van der Waals surface area contributed by atoms with Crippen LogP contribution in [0.1, 0.15) is 49.3 Å². The molecule has 0 aliphatic carbocycles. The molecular formula is C33H45N3O8SSi. The Hall–Kier alpha value is -3.36. The summed E-state index contributed by atoms with van der Waals surface area (Å²) in [6.45, 7) is 11.3. The first-order valence-electron chi connectivity index (χ1n) is 15.1. The lowest BCUT2D eigenvalue weighted by Crippen LogP contribution is -2.44. The minimum absolute atomic E-state index is 0.0224. The van der Waals surface area contributed by atoms with Crippen molar-refractivity contribution in [1.29, 1.82) is 0 Å². The van der Waals surface area contributed by atoms with Gasteiger partial charge in [0.2, 0.25) is 0 Å². The van der Waals surface area contributed by atoms with Gasteiger partial charge in [-0.2, -0.15) is 4.98 Å². The van der Waals surface area contributed by atoms with Crippen LogP contribution in [0.5, 0.6) is 17.2 Å². The number of carbonyl (C=O) groups excluding carboxylic acids is 1. The third-order valence-electron chi connectivity index (χ3n) is 8.44. The molecule has 2 aromatic carbocycles. The zero-order chi connectivity index (χ0) is 33.5. The van der Waals surface area contributed by atoms with Crippen LogP contribution in [0, 0.1) is 0 Å². The molecule has 3 aromatic rings. The van der Waals surface area contributed by atoms with Crippen LogP contribution in [0.15, 0.2) is 59.5 Å². The Morgan fingerprint density at radius 3 is 2.33 bits per heavy atom. The Balaban J connectivity index is 1.45. The van der Waals surface area contributed by atoms with E-state index in [1.807, 2.05) is 18.2 Å². The summed E-state index contributed by atoms with van der Waals surface area (Å²) in [6.07, 6.45) is 0.689. The summed E-state index contributed by atoms with van der Waals surface area (Å²) >= 11 is 1.57. The average molecular weight is 672 g/mol. The van der Waals surface area contributed by atoms with Crippen molar-refractivity contribution in [2.75, 3.05) is 39.2 Å². The number of thioether (sulfide) groups is 1. The van der Waals surface area contributed by atoms with E-state index in [0.29, 0.717) is 47.5 Å². The van der Waals surface area contributed by atoms with Gasteiger partial charge in [-0.15, -0.1) is 11.8 Å². The fourth-order valence-corrected chi connectivity index (χ4v) is 6.54. The molecule has 4 rings (SSSR count). The second-order valence-corrected chi connectivity index (χ2v) is 18.2. The molecule has 0 saturated carbocycles. The van der Waals surface area contributed by atoms with Gasteiger partial charge in [0, 0.05) is 41.6 Å². The molecule has 13 heteroatoms. The van der Waals surface area contributed by atoms with Gasteiger partial charge in [-0.25, -0.2) is 4.79 Å². The summed E-state index contributed by atoms with van der Waals surface area (Å²) in [5.41, 5.74) is 0.836. The number of hydrogen-bond donors (Lipinski definition) is 1. The van der Waals surface area contributed by atoms with E-state index < -0.39 is 26.3 Å². The molecule has 11 nitrogen and oxygen atoms in total. The molecule has 46 heavy (non-hydrogen) atoms. The van der Waals surface area contributed by atoms with E-state index in [0.717, 1.165) is 5.56 Å². The van der Waals surface area contributed by atoms with E-state index in [9.17, 15) is 9.59 Å². The first-order chi connectivity index (χ1) is 21.9. The Kier molecular flexibility index (Phi) is 11.9. The fourth-order valence-electron chi connectivity index (χ4n) is 4.68. The zero-order valence-electron chi connectivity index (χ0n) is 27.8. The highest BCUT2D eigenvalue weighted by molar-refractivity contribution is 7.98. The molecule has 3 atom stereocenters. The van der Waals surface area contributed by atoms with E-state index >= 15 is 0 Å². The Labute approximate surface area is 276 Å². The lowest BCUT2D eigenvalue weighted by atomic mass is 10.2. The molecule has 1 N–H and O–H groups in total. The number of hydrogen-bond acceptors (Lipinski definition) is 10. The van der Waals surface area contributed by atoms with Gasteiger partial charge in [0.15, 0.2) is 8.32 Å². The van der Waals surface area contributed by atoms with Crippen molar-refractivity contribution >= 4 is 31.8 Å². The normalized spacial score (nSPS) is 18.3. The van der Waals surface area contributed by atoms with Crippen LogP contribution >= 0.6 is 11.8 Å². The van der Waals surface area contributed by atoms with Gasteiger partial charge in [-0.05, 0) is 36.3 Å². The first-order valence-corrected chi connectivity index (χ1v) is 19.2. The molecule has 1 aromatic heterocycles. The Morgan fingerprint density at radius 1 is 1.07 bits per heavy atom. The second-order valence-electron chi connectivity index (χ2n) is 12.4. The monoisotopic (exact) mass is 671 g/mol. The number of anilines is 1. The fraction of sp³-hybridized carbons (Fsp3) is 0.485. The van der Waals surface area contributed by atoms with Crippen molar-refractivity contribution in [3.63, 3.8) is 0 Å². The maximum Gasteiger partial charge on any atom is 0.351 e. The van der Waals surface area contributed by atoms with E-state index in [4.69, 9.17) is 28.1 Å². The van der Waals surface area contributed by atoms with E-state index in [-0.39, 0.29) is 22.9 Å². The van der Waals surface area contributed by atoms with Gasteiger partial charge in [0.1, 0.15) is 35.4 Å².